The molecule has 4 nitrogen and oxygen atoms in total. The largest absolute Gasteiger partial charge is 0.366 e. The second-order valence-corrected chi connectivity index (χ2v) is 5.51. The summed E-state index contributed by atoms with van der Waals surface area (Å²) < 4.78 is 26.5. The van der Waals surface area contributed by atoms with Crippen LogP contribution in [0.25, 0.3) is 0 Å². The van der Waals surface area contributed by atoms with Gasteiger partial charge in [-0.25, -0.2) is 13.8 Å². The smallest absolute Gasteiger partial charge is 0.224 e. The van der Waals surface area contributed by atoms with Crippen LogP contribution in [-0.2, 0) is 13.0 Å². The summed E-state index contributed by atoms with van der Waals surface area (Å²) >= 11 is 0. The molecule has 128 valence electrons. The van der Waals surface area contributed by atoms with Gasteiger partial charge in [0.15, 0.2) is 0 Å². The summed E-state index contributed by atoms with van der Waals surface area (Å²) in [6.45, 7) is 1.06. The van der Waals surface area contributed by atoms with Crippen molar-refractivity contribution in [3.05, 3.63) is 83.6 Å². The van der Waals surface area contributed by atoms with Gasteiger partial charge in [-0.3, -0.25) is 0 Å². The van der Waals surface area contributed by atoms with Crippen molar-refractivity contribution in [3.63, 3.8) is 0 Å². The van der Waals surface area contributed by atoms with E-state index in [1.165, 1.54) is 18.2 Å². The van der Waals surface area contributed by atoms with Gasteiger partial charge in [-0.05, 0) is 41.8 Å². The average molecular weight is 340 g/mol. The zero-order valence-electron chi connectivity index (χ0n) is 13.5. The predicted molar refractivity (Wildman–Crippen MR) is 94.4 cm³/mol. The molecule has 0 aliphatic rings. The first-order valence-corrected chi connectivity index (χ1v) is 7.99. The minimum absolute atomic E-state index is 0.208. The SMILES string of the molecule is Fc1ccc(CNc2ccnc(NCCc3ccccc3F)n2)cc1. The minimum atomic E-state index is -0.257. The van der Waals surface area contributed by atoms with Crippen LogP contribution < -0.4 is 10.6 Å². The van der Waals surface area contributed by atoms with Crippen LogP contribution in [0.15, 0.2) is 60.8 Å². The normalized spacial score (nSPS) is 10.5. The molecule has 0 unspecified atom stereocenters. The molecule has 0 spiro atoms. The van der Waals surface area contributed by atoms with Crippen molar-refractivity contribution in [2.45, 2.75) is 13.0 Å². The molecule has 0 atom stereocenters. The maximum Gasteiger partial charge on any atom is 0.224 e. The first-order chi connectivity index (χ1) is 12.2. The Bertz CT molecular complexity index is 822. The van der Waals surface area contributed by atoms with Crippen molar-refractivity contribution >= 4 is 11.8 Å². The Balaban J connectivity index is 1.52. The second kappa shape index (κ2) is 8.19. The van der Waals surface area contributed by atoms with Gasteiger partial charge in [0.05, 0.1) is 0 Å². The molecule has 0 radical (unpaired) electrons. The fraction of sp³-hybridized carbons (Fsp3) is 0.158. The first-order valence-electron chi connectivity index (χ1n) is 7.99. The number of hydrogen-bond acceptors (Lipinski definition) is 4. The third-order valence-electron chi connectivity index (χ3n) is 3.68. The van der Waals surface area contributed by atoms with Crippen LogP contribution in [0.1, 0.15) is 11.1 Å². The third-order valence-corrected chi connectivity index (χ3v) is 3.68. The maximum absolute atomic E-state index is 13.6. The lowest BCUT2D eigenvalue weighted by atomic mass is 10.1. The summed E-state index contributed by atoms with van der Waals surface area (Å²) in [5.41, 5.74) is 1.61. The Morgan fingerprint density at radius 2 is 1.68 bits per heavy atom. The number of halogens is 2. The van der Waals surface area contributed by atoms with Crippen LogP contribution >= 0.6 is 0 Å². The zero-order valence-corrected chi connectivity index (χ0v) is 13.5. The van der Waals surface area contributed by atoms with Gasteiger partial charge >= 0.3 is 0 Å². The van der Waals surface area contributed by atoms with E-state index in [9.17, 15) is 8.78 Å². The summed E-state index contributed by atoms with van der Waals surface area (Å²) in [4.78, 5) is 8.51. The molecule has 2 N–H and O–H groups in total. The van der Waals surface area contributed by atoms with E-state index in [0.29, 0.717) is 36.8 Å². The molecule has 1 heterocycles. The van der Waals surface area contributed by atoms with Gasteiger partial charge in [0.2, 0.25) is 5.95 Å². The van der Waals surface area contributed by atoms with Crippen molar-refractivity contribution in [1.82, 2.24) is 9.97 Å². The fourth-order valence-corrected chi connectivity index (χ4v) is 2.35. The molecule has 0 aliphatic carbocycles. The highest BCUT2D eigenvalue weighted by Crippen LogP contribution is 2.10. The number of rotatable bonds is 7. The molecule has 2 aromatic carbocycles. The number of nitrogens with one attached hydrogen (secondary N) is 2. The van der Waals surface area contributed by atoms with E-state index in [4.69, 9.17) is 0 Å². The lowest BCUT2D eigenvalue weighted by Crippen LogP contribution is -2.10. The Morgan fingerprint density at radius 3 is 2.48 bits per heavy atom. The topological polar surface area (TPSA) is 49.8 Å². The quantitative estimate of drug-likeness (QED) is 0.682. The molecule has 0 saturated carbocycles. The predicted octanol–water partition coefficient (Wildman–Crippen LogP) is 4.02. The van der Waals surface area contributed by atoms with Gasteiger partial charge in [-0.2, -0.15) is 4.98 Å². The summed E-state index contributed by atoms with van der Waals surface area (Å²) in [5.74, 6) is 0.667. The van der Waals surface area contributed by atoms with Gasteiger partial charge in [0, 0.05) is 19.3 Å². The molecular weight excluding hydrogens is 322 g/mol. The van der Waals surface area contributed by atoms with Crippen LogP contribution in [0, 0.1) is 11.6 Å². The molecule has 1 aromatic heterocycles. The molecule has 0 aliphatic heterocycles. The van der Waals surface area contributed by atoms with E-state index in [0.717, 1.165) is 5.56 Å². The molecule has 0 amide bonds. The van der Waals surface area contributed by atoms with Crippen molar-refractivity contribution in [2.24, 2.45) is 0 Å². The molecule has 3 rings (SSSR count). The molecule has 0 bridgehead atoms. The van der Waals surface area contributed by atoms with Crippen LogP contribution in [0.2, 0.25) is 0 Å². The Kier molecular flexibility index (Phi) is 5.51. The van der Waals surface area contributed by atoms with E-state index >= 15 is 0 Å². The number of nitrogens with zero attached hydrogens (tertiary/aromatic N) is 2. The second-order valence-electron chi connectivity index (χ2n) is 5.51. The van der Waals surface area contributed by atoms with E-state index < -0.39 is 0 Å². The Labute approximate surface area is 145 Å². The summed E-state index contributed by atoms with van der Waals surface area (Å²) in [5, 5.41) is 6.25. The molecule has 0 fully saturated rings. The Morgan fingerprint density at radius 1 is 0.880 bits per heavy atom. The highest BCUT2D eigenvalue weighted by molar-refractivity contribution is 5.40. The molecule has 6 heteroatoms. The zero-order chi connectivity index (χ0) is 17.5. The van der Waals surface area contributed by atoms with Crippen molar-refractivity contribution in [3.8, 4) is 0 Å². The average Bonchev–Trinajstić information content (AvgIpc) is 2.63. The van der Waals surface area contributed by atoms with Crippen LogP contribution in [0.4, 0.5) is 20.5 Å². The Hall–Kier alpha value is -3.02. The number of benzene rings is 2. The fourth-order valence-electron chi connectivity index (χ4n) is 2.35. The van der Waals surface area contributed by atoms with Gasteiger partial charge < -0.3 is 10.6 Å². The monoisotopic (exact) mass is 340 g/mol. The van der Waals surface area contributed by atoms with Crippen molar-refractivity contribution in [2.75, 3.05) is 17.2 Å². The molecular formula is C19H18F2N4. The van der Waals surface area contributed by atoms with E-state index in [1.807, 2.05) is 6.07 Å². The lowest BCUT2D eigenvalue weighted by molar-refractivity contribution is 0.610. The highest BCUT2D eigenvalue weighted by atomic mass is 19.1. The number of hydrogen-bond donors (Lipinski definition) is 2. The van der Waals surface area contributed by atoms with Gasteiger partial charge in [-0.1, -0.05) is 30.3 Å². The van der Waals surface area contributed by atoms with E-state index in [1.54, 1.807) is 36.5 Å². The minimum Gasteiger partial charge on any atom is -0.366 e. The summed E-state index contributed by atoms with van der Waals surface area (Å²) in [6, 6.07) is 14.7. The van der Waals surface area contributed by atoms with Crippen molar-refractivity contribution in [1.29, 1.82) is 0 Å². The highest BCUT2D eigenvalue weighted by Gasteiger charge is 2.02. The molecule has 0 saturated heterocycles. The van der Waals surface area contributed by atoms with Gasteiger partial charge in [0.25, 0.3) is 0 Å². The number of anilines is 2. The standard InChI is InChI=1S/C19H18F2N4/c20-16-7-5-14(6-8-16)13-24-18-10-12-23-19(25-18)22-11-9-15-3-1-2-4-17(15)21/h1-8,10,12H,9,11,13H2,(H2,22,23,24,25). The number of aromatic nitrogens is 2. The summed E-state index contributed by atoms with van der Waals surface area (Å²) in [6.07, 6.45) is 2.19. The molecule has 3 aromatic rings. The van der Waals surface area contributed by atoms with E-state index in [-0.39, 0.29) is 11.6 Å². The van der Waals surface area contributed by atoms with Crippen molar-refractivity contribution < 1.29 is 8.78 Å². The van der Waals surface area contributed by atoms with Gasteiger partial charge in [0.1, 0.15) is 17.5 Å². The van der Waals surface area contributed by atoms with Crippen LogP contribution in [0.5, 0.6) is 0 Å². The van der Waals surface area contributed by atoms with Gasteiger partial charge in [-0.15, -0.1) is 0 Å². The lowest BCUT2D eigenvalue weighted by Gasteiger charge is -2.09. The summed E-state index contributed by atoms with van der Waals surface area (Å²) in [7, 11) is 0. The van der Waals surface area contributed by atoms with Crippen LogP contribution in [-0.4, -0.2) is 16.5 Å². The third kappa shape index (κ3) is 4.97. The molecule has 25 heavy (non-hydrogen) atoms. The van der Waals surface area contributed by atoms with E-state index in [2.05, 4.69) is 20.6 Å². The first kappa shape index (κ1) is 16.8. The van der Waals surface area contributed by atoms with Crippen LogP contribution in [0.3, 0.4) is 0 Å². The maximum atomic E-state index is 13.6.